The summed E-state index contributed by atoms with van der Waals surface area (Å²) in [4.78, 5) is 14.7. The lowest BCUT2D eigenvalue weighted by Crippen LogP contribution is -2.52. The number of carbonyl (C=O) groups excluding carboxylic acids is 1. The van der Waals surface area contributed by atoms with Crippen LogP contribution in [0.5, 0.6) is 0 Å². The van der Waals surface area contributed by atoms with Crippen LogP contribution in [0, 0.1) is 28.1 Å². The number of allylic oxidation sites excluding steroid dienone is 2. The molecule has 104 valence electrons. The Morgan fingerprint density at radius 1 is 1.32 bits per heavy atom. The van der Waals surface area contributed by atoms with Crippen molar-refractivity contribution in [1.29, 1.82) is 5.26 Å². The van der Waals surface area contributed by atoms with Gasteiger partial charge in [-0.2, -0.15) is 5.26 Å². The summed E-state index contributed by atoms with van der Waals surface area (Å²) < 4.78 is 0. The van der Waals surface area contributed by atoms with E-state index in [4.69, 9.17) is 0 Å². The minimum absolute atomic E-state index is 0.0285. The van der Waals surface area contributed by atoms with Crippen molar-refractivity contribution in [3.63, 3.8) is 0 Å². The van der Waals surface area contributed by atoms with Gasteiger partial charge in [-0.1, -0.05) is 26.8 Å². The first-order valence-electron chi connectivity index (χ1n) is 7.06. The number of hydrogen-bond acceptors (Lipinski definition) is 3. The summed E-state index contributed by atoms with van der Waals surface area (Å²) in [6.45, 7) is 6.25. The Morgan fingerprint density at radius 2 is 1.95 bits per heavy atom. The van der Waals surface area contributed by atoms with Gasteiger partial charge in [0.2, 0.25) is 0 Å². The Bertz CT molecular complexity index is 470. The molecule has 1 fully saturated rings. The molecule has 1 saturated carbocycles. The zero-order valence-corrected chi connectivity index (χ0v) is 12.7. The molecule has 2 aliphatic carbocycles. The predicted molar refractivity (Wildman–Crippen MR) is 75.4 cm³/mol. The van der Waals surface area contributed by atoms with E-state index in [9.17, 15) is 10.1 Å². The van der Waals surface area contributed by atoms with Gasteiger partial charge in [0.1, 0.15) is 6.07 Å². The normalized spacial score (nSPS) is 37.5. The number of nitriles is 1. The summed E-state index contributed by atoms with van der Waals surface area (Å²) in [5, 5.41) is 9.22. The van der Waals surface area contributed by atoms with Crippen LogP contribution in [-0.4, -0.2) is 30.8 Å². The Balaban J connectivity index is 2.44. The SMILES string of the molecule is CN(C)[C@H]1CC[C@@H]2C(C)(C)C(=O)C(C#N)=C[C@]2(C)C1. The lowest BCUT2D eigenvalue weighted by atomic mass is 9.52. The first-order valence-corrected chi connectivity index (χ1v) is 7.06. The molecule has 0 heterocycles. The van der Waals surface area contributed by atoms with E-state index < -0.39 is 5.41 Å². The van der Waals surface area contributed by atoms with E-state index in [-0.39, 0.29) is 11.2 Å². The summed E-state index contributed by atoms with van der Waals surface area (Å²) in [7, 11) is 4.23. The van der Waals surface area contributed by atoms with Gasteiger partial charge in [0, 0.05) is 11.5 Å². The maximum atomic E-state index is 12.4. The summed E-state index contributed by atoms with van der Waals surface area (Å²) in [6, 6.07) is 2.65. The minimum Gasteiger partial charge on any atom is -0.306 e. The van der Waals surface area contributed by atoms with Crippen LogP contribution < -0.4 is 0 Å². The topological polar surface area (TPSA) is 44.1 Å². The molecular formula is C16H24N2O. The van der Waals surface area contributed by atoms with E-state index in [1.807, 2.05) is 19.9 Å². The molecule has 0 radical (unpaired) electrons. The average molecular weight is 260 g/mol. The van der Waals surface area contributed by atoms with Crippen molar-refractivity contribution in [3.8, 4) is 6.07 Å². The fourth-order valence-electron chi connectivity index (χ4n) is 4.21. The molecule has 0 spiro atoms. The van der Waals surface area contributed by atoms with Crippen LogP contribution in [0.15, 0.2) is 11.6 Å². The molecule has 0 aliphatic heterocycles. The number of carbonyl (C=O) groups is 1. The standard InChI is InChI=1S/C16H24N2O/c1-15(2)13-7-6-12(18(4)5)9-16(13,3)8-11(10-17)14(15)19/h8,12-13H,6-7,9H2,1-5H3/t12-,13+,16+/m0/s1. The van der Waals surface area contributed by atoms with Crippen molar-refractivity contribution in [1.82, 2.24) is 4.90 Å². The van der Waals surface area contributed by atoms with Crippen molar-refractivity contribution in [2.24, 2.45) is 16.7 Å². The van der Waals surface area contributed by atoms with Gasteiger partial charge in [-0.05, 0) is 44.7 Å². The van der Waals surface area contributed by atoms with Gasteiger partial charge in [-0.3, -0.25) is 4.79 Å². The van der Waals surface area contributed by atoms with Crippen LogP contribution in [-0.2, 0) is 4.79 Å². The van der Waals surface area contributed by atoms with Crippen molar-refractivity contribution >= 4 is 5.78 Å². The van der Waals surface area contributed by atoms with E-state index >= 15 is 0 Å². The summed E-state index contributed by atoms with van der Waals surface area (Å²) >= 11 is 0. The van der Waals surface area contributed by atoms with Crippen LogP contribution in [0.2, 0.25) is 0 Å². The molecule has 3 atom stereocenters. The van der Waals surface area contributed by atoms with Gasteiger partial charge in [-0.15, -0.1) is 0 Å². The van der Waals surface area contributed by atoms with Crippen LogP contribution in [0.3, 0.4) is 0 Å². The molecule has 0 unspecified atom stereocenters. The Hall–Kier alpha value is -1.14. The second-order valence-corrected chi connectivity index (χ2v) is 7.18. The first-order chi connectivity index (χ1) is 8.72. The molecule has 0 amide bonds. The fraction of sp³-hybridized carbons (Fsp3) is 0.750. The van der Waals surface area contributed by atoms with Crippen LogP contribution in [0.1, 0.15) is 40.0 Å². The first kappa shape index (κ1) is 14.3. The highest BCUT2D eigenvalue weighted by Gasteiger charge is 2.53. The second-order valence-electron chi connectivity index (χ2n) is 7.18. The van der Waals surface area contributed by atoms with E-state index in [0.29, 0.717) is 17.5 Å². The number of rotatable bonds is 1. The number of Topliss-reactive ketones (excluding diaryl/α,β-unsaturated/α-hetero) is 1. The largest absolute Gasteiger partial charge is 0.306 e. The highest BCUT2D eigenvalue weighted by molar-refractivity contribution is 6.04. The van der Waals surface area contributed by atoms with Crippen molar-refractivity contribution in [3.05, 3.63) is 11.6 Å². The van der Waals surface area contributed by atoms with E-state index in [1.54, 1.807) is 0 Å². The molecular weight excluding hydrogens is 236 g/mol. The van der Waals surface area contributed by atoms with Gasteiger partial charge in [0.05, 0.1) is 5.57 Å². The quantitative estimate of drug-likeness (QED) is 0.728. The molecule has 3 heteroatoms. The monoisotopic (exact) mass is 260 g/mol. The molecule has 0 N–H and O–H groups in total. The lowest BCUT2D eigenvalue weighted by molar-refractivity contribution is -0.131. The number of fused-ring (bicyclic) bond motifs is 1. The zero-order chi connectivity index (χ0) is 14.4. The highest BCUT2D eigenvalue weighted by atomic mass is 16.1. The van der Waals surface area contributed by atoms with E-state index in [0.717, 1.165) is 19.3 Å². The van der Waals surface area contributed by atoms with Gasteiger partial charge >= 0.3 is 0 Å². The number of ketones is 1. The number of nitrogens with zero attached hydrogens (tertiary/aromatic N) is 2. The van der Waals surface area contributed by atoms with Gasteiger partial charge in [0.25, 0.3) is 0 Å². The molecule has 0 aromatic carbocycles. The van der Waals surface area contributed by atoms with Crippen molar-refractivity contribution in [2.45, 2.75) is 46.1 Å². The zero-order valence-electron chi connectivity index (χ0n) is 12.7. The van der Waals surface area contributed by atoms with Crippen molar-refractivity contribution < 1.29 is 4.79 Å². The summed E-state index contributed by atoms with van der Waals surface area (Å²) in [5.74, 6) is 0.376. The molecule has 2 aliphatic rings. The van der Waals surface area contributed by atoms with Crippen LogP contribution >= 0.6 is 0 Å². The average Bonchev–Trinajstić information content (AvgIpc) is 2.33. The minimum atomic E-state index is -0.411. The number of hydrogen-bond donors (Lipinski definition) is 0. The third-order valence-electron chi connectivity index (χ3n) is 5.29. The fourth-order valence-corrected chi connectivity index (χ4v) is 4.21. The van der Waals surface area contributed by atoms with Gasteiger partial charge < -0.3 is 4.90 Å². The Labute approximate surface area is 116 Å². The molecule has 19 heavy (non-hydrogen) atoms. The summed E-state index contributed by atoms with van der Waals surface area (Å²) in [6.07, 6.45) is 5.19. The maximum absolute atomic E-state index is 12.4. The summed E-state index contributed by atoms with van der Waals surface area (Å²) in [5.41, 5.74) is -0.0789. The Morgan fingerprint density at radius 3 is 2.47 bits per heavy atom. The van der Waals surface area contributed by atoms with Gasteiger partial charge in [0.15, 0.2) is 5.78 Å². The molecule has 0 aromatic rings. The third kappa shape index (κ3) is 2.12. The second kappa shape index (κ2) is 4.45. The maximum Gasteiger partial charge on any atom is 0.178 e. The highest BCUT2D eigenvalue weighted by Crippen LogP contribution is 2.55. The van der Waals surface area contributed by atoms with E-state index in [1.165, 1.54) is 0 Å². The predicted octanol–water partition coefficient (Wildman–Crippen LogP) is 2.78. The Kier molecular flexibility index (Phi) is 3.35. The molecule has 3 nitrogen and oxygen atoms in total. The van der Waals surface area contributed by atoms with Gasteiger partial charge in [-0.25, -0.2) is 0 Å². The van der Waals surface area contributed by atoms with Crippen LogP contribution in [0.4, 0.5) is 0 Å². The third-order valence-corrected chi connectivity index (χ3v) is 5.29. The molecule has 0 saturated heterocycles. The molecule has 0 bridgehead atoms. The molecule has 2 rings (SSSR count). The molecule has 0 aromatic heterocycles. The smallest absolute Gasteiger partial charge is 0.178 e. The lowest BCUT2D eigenvalue weighted by Gasteiger charge is -2.53. The van der Waals surface area contributed by atoms with Crippen molar-refractivity contribution in [2.75, 3.05) is 14.1 Å². The van der Waals surface area contributed by atoms with Crippen LogP contribution in [0.25, 0.3) is 0 Å². The van der Waals surface area contributed by atoms with E-state index in [2.05, 4.69) is 32.0 Å².